The molecular weight excluding hydrogens is 162 g/mol. The molecule has 0 unspecified atom stereocenters. The van der Waals surface area contributed by atoms with Gasteiger partial charge in [-0.3, -0.25) is 15.5 Å². The number of hydrogen-bond acceptors (Lipinski definition) is 4. The van der Waals surface area contributed by atoms with Crippen LogP contribution in [0.5, 0.6) is 5.88 Å². The molecule has 0 saturated heterocycles. The molecule has 0 radical (unpaired) electrons. The normalized spacial score (nSPS) is 9.42. The first-order chi connectivity index (χ1) is 5.65. The molecule has 1 N–H and O–H groups in total. The molecule has 1 aromatic rings. The van der Waals surface area contributed by atoms with E-state index in [4.69, 9.17) is 5.41 Å². The molecule has 0 aliphatic carbocycles. The van der Waals surface area contributed by atoms with E-state index in [1.165, 1.54) is 16.8 Å². The van der Waals surface area contributed by atoms with Crippen LogP contribution in [0, 0.1) is 15.5 Å². The van der Waals surface area contributed by atoms with Gasteiger partial charge in [-0.15, -0.1) is 0 Å². The molecule has 12 heavy (non-hydrogen) atoms. The molecule has 0 spiro atoms. The van der Waals surface area contributed by atoms with Crippen LogP contribution in [0.4, 0.5) is 5.69 Å². The number of nitrogens with one attached hydrogen (secondary N) is 1. The minimum Gasteiger partial charge on any atom is -0.430 e. The molecule has 0 aromatic carbocycles. The summed E-state index contributed by atoms with van der Waals surface area (Å²) in [5.41, 5.74) is -0.0469. The zero-order valence-electron chi connectivity index (χ0n) is 6.35. The highest BCUT2D eigenvalue weighted by Crippen LogP contribution is 2.20. The van der Waals surface area contributed by atoms with Crippen molar-refractivity contribution in [2.45, 2.75) is 0 Å². The first-order valence-electron chi connectivity index (χ1n) is 3.11. The molecule has 0 fully saturated rings. The van der Waals surface area contributed by atoms with Crippen molar-refractivity contribution in [3.63, 3.8) is 0 Å². The summed E-state index contributed by atoms with van der Waals surface area (Å²) < 4.78 is 6.10. The van der Waals surface area contributed by atoms with Crippen molar-refractivity contribution in [3.8, 4) is 5.88 Å². The Kier molecular flexibility index (Phi) is 2.09. The average Bonchev–Trinajstić information content (AvgIpc) is 2.34. The van der Waals surface area contributed by atoms with E-state index < -0.39 is 4.92 Å². The van der Waals surface area contributed by atoms with Crippen LogP contribution in [0.15, 0.2) is 12.3 Å². The van der Waals surface area contributed by atoms with E-state index in [1.807, 2.05) is 0 Å². The minimum absolute atomic E-state index is 0.0469. The van der Waals surface area contributed by atoms with Gasteiger partial charge >= 0.3 is 0 Å². The maximum absolute atomic E-state index is 10.3. The van der Waals surface area contributed by atoms with Crippen LogP contribution in [-0.2, 0) is 7.05 Å². The molecule has 0 saturated carbocycles. The second-order valence-electron chi connectivity index (χ2n) is 2.14. The summed E-state index contributed by atoms with van der Waals surface area (Å²) in [6.07, 6.45) is 2.04. The molecule has 0 aliphatic rings. The summed E-state index contributed by atoms with van der Waals surface area (Å²) in [6.45, 7) is 0. The lowest BCUT2D eigenvalue weighted by Crippen LogP contribution is -1.93. The van der Waals surface area contributed by atoms with E-state index in [0.717, 1.165) is 6.40 Å². The lowest BCUT2D eigenvalue weighted by atomic mass is 10.5. The summed E-state index contributed by atoms with van der Waals surface area (Å²) in [5.74, 6) is 0.275. The van der Waals surface area contributed by atoms with Crippen molar-refractivity contribution in [3.05, 3.63) is 22.4 Å². The number of ether oxygens (including phenoxy) is 1. The maximum atomic E-state index is 10.3. The molecule has 1 heterocycles. The smallest absolute Gasteiger partial charge is 0.290 e. The number of aryl methyl sites for hydroxylation is 1. The Morgan fingerprint density at radius 2 is 2.50 bits per heavy atom. The Bertz CT molecular complexity index is 318. The van der Waals surface area contributed by atoms with Crippen LogP contribution >= 0.6 is 0 Å². The first kappa shape index (κ1) is 8.25. The minimum atomic E-state index is -0.517. The summed E-state index contributed by atoms with van der Waals surface area (Å²) >= 11 is 0. The first-order valence-corrected chi connectivity index (χ1v) is 3.11. The van der Waals surface area contributed by atoms with Gasteiger partial charge in [0, 0.05) is 7.05 Å². The number of aromatic nitrogens is 1. The summed E-state index contributed by atoms with van der Waals surface area (Å²) in [4.78, 5) is 9.73. The number of nitrogens with zero attached hydrogens (tertiary/aromatic N) is 2. The largest absolute Gasteiger partial charge is 0.430 e. The van der Waals surface area contributed by atoms with Gasteiger partial charge in [-0.2, -0.15) is 0 Å². The molecule has 64 valence electrons. The van der Waals surface area contributed by atoms with Crippen molar-refractivity contribution < 1.29 is 9.66 Å². The predicted molar refractivity (Wildman–Crippen MR) is 41.5 cm³/mol. The van der Waals surface area contributed by atoms with Crippen LogP contribution in [-0.4, -0.2) is 15.9 Å². The highest BCUT2D eigenvalue weighted by molar-refractivity contribution is 5.48. The van der Waals surface area contributed by atoms with E-state index in [-0.39, 0.29) is 11.6 Å². The Morgan fingerprint density at radius 1 is 1.83 bits per heavy atom. The third-order valence-electron chi connectivity index (χ3n) is 1.34. The third kappa shape index (κ3) is 1.42. The zero-order chi connectivity index (χ0) is 9.14. The highest BCUT2D eigenvalue weighted by atomic mass is 16.6. The Hall–Kier alpha value is -1.85. The van der Waals surface area contributed by atoms with Crippen molar-refractivity contribution in [2.75, 3.05) is 0 Å². The van der Waals surface area contributed by atoms with E-state index in [0.29, 0.717) is 0 Å². The van der Waals surface area contributed by atoms with Gasteiger partial charge in [0.15, 0.2) is 6.40 Å². The van der Waals surface area contributed by atoms with Gasteiger partial charge in [-0.25, -0.2) is 0 Å². The lowest BCUT2D eigenvalue weighted by molar-refractivity contribution is -0.384. The van der Waals surface area contributed by atoms with Crippen LogP contribution < -0.4 is 4.74 Å². The fourth-order valence-corrected chi connectivity index (χ4v) is 0.805. The predicted octanol–water partition coefficient (Wildman–Crippen LogP) is 0.919. The Balaban J connectivity index is 2.99. The number of hydrogen-bond donors (Lipinski definition) is 1. The standard InChI is InChI=1S/C6H7N3O3/c1-8-3-5(9(10)11)2-6(8)12-4-7/h2-4,7H,1H3. The van der Waals surface area contributed by atoms with E-state index in [2.05, 4.69) is 4.74 Å². The van der Waals surface area contributed by atoms with Crippen LogP contribution in [0.3, 0.4) is 0 Å². The molecule has 0 amide bonds. The average molecular weight is 169 g/mol. The molecule has 0 atom stereocenters. The van der Waals surface area contributed by atoms with Gasteiger partial charge in [0.2, 0.25) is 5.88 Å². The van der Waals surface area contributed by atoms with Gasteiger partial charge in [0.25, 0.3) is 5.69 Å². The van der Waals surface area contributed by atoms with E-state index in [1.54, 1.807) is 7.05 Å². The Morgan fingerprint density at radius 3 is 2.92 bits per heavy atom. The number of rotatable bonds is 3. The van der Waals surface area contributed by atoms with Crippen LogP contribution in [0.2, 0.25) is 0 Å². The second kappa shape index (κ2) is 3.04. The van der Waals surface area contributed by atoms with Gasteiger partial charge in [0.1, 0.15) is 0 Å². The quantitative estimate of drug-likeness (QED) is 0.316. The summed E-state index contributed by atoms with van der Waals surface area (Å²) in [5, 5.41) is 16.9. The topological polar surface area (TPSA) is 81.2 Å². The van der Waals surface area contributed by atoms with Crippen LogP contribution in [0.25, 0.3) is 0 Å². The summed E-state index contributed by atoms with van der Waals surface area (Å²) in [6, 6.07) is 1.25. The molecule has 6 heteroatoms. The van der Waals surface area contributed by atoms with Gasteiger partial charge in [-0.1, -0.05) is 0 Å². The van der Waals surface area contributed by atoms with Gasteiger partial charge < -0.3 is 9.30 Å². The second-order valence-corrected chi connectivity index (χ2v) is 2.14. The lowest BCUT2D eigenvalue weighted by Gasteiger charge is -1.96. The molecule has 1 aromatic heterocycles. The number of nitro groups is 1. The van der Waals surface area contributed by atoms with Gasteiger partial charge in [-0.05, 0) is 0 Å². The van der Waals surface area contributed by atoms with Crippen molar-refractivity contribution in [2.24, 2.45) is 7.05 Å². The molecule has 0 bridgehead atoms. The third-order valence-corrected chi connectivity index (χ3v) is 1.34. The Labute approximate surface area is 68.0 Å². The van der Waals surface area contributed by atoms with Crippen molar-refractivity contribution in [1.29, 1.82) is 5.41 Å². The fourth-order valence-electron chi connectivity index (χ4n) is 0.805. The molecule has 0 aliphatic heterocycles. The fraction of sp³-hybridized carbons (Fsp3) is 0.167. The maximum Gasteiger partial charge on any atom is 0.290 e. The molecule has 6 nitrogen and oxygen atoms in total. The monoisotopic (exact) mass is 169 g/mol. The van der Waals surface area contributed by atoms with E-state index >= 15 is 0 Å². The van der Waals surface area contributed by atoms with Crippen molar-refractivity contribution in [1.82, 2.24) is 4.57 Å². The van der Waals surface area contributed by atoms with Gasteiger partial charge in [0.05, 0.1) is 17.2 Å². The van der Waals surface area contributed by atoms with E-state index in [9.17, 15) is 10.1 Å². The van der Waals surface area contributed by atoms with Crippen molar-refractivity contribution >= 4 is 12.1 Å². The summed E-state index contributed by atoms with van der Waals surface area (Å²) in [7, 11) is 1.60. The van der Waals surface area contributed by atoms with Crippen LogP contribution in [0.1, 0.15) is 0 Å². The highest BCUT2D eigenvalue weighted by Gasteiger charge is 2.11. The molecular formula is C6H7N3O3. The molecule has 1 rings (SSSR count). The SMILES string of the molecule is Cn1cc([N+](=O)[O-])cc1OC=N. The zero-order valence-corrected chi connectivity index (χ0v) is 6.35.